The van der Waals surface area contributed by atoms with Crippen molar-refractivity contribution in [2.24, 2.45) is 5.92 Å². The molecule has 30 heavy (non-hydrogen) atoms. The minimum atomic E-state index is -0.0497. The first kappa shape index (κ1) is 20.9. The number of hydrogen-bond donors (Lipinski definition) is 0. The molecule has 3 nitrogen and oxygen atoms in total. The number of benzene rings is 2. The van der Waals surface area contributed by atoms with Crippen LogP contribution in [0.2, 0.25) is 5.02 Å². The summed E-state index contributed by atoms with van der Waals surface area (Å²) in [6.07, 6.45) is 6.78. The predicted octanol–water partition coefficient (Wildman–Crippen LogP) is 6.68. The smallest absolute Gasteiger partial charge is 0.262 e. The van der Waals surface area contributed by atoms with Crippen LogP contribution in [-0.2, 0) is 11.2 Å². The van der Waals surface area contributed by atoms with Gasteiger partial charge in [0.15, 0.2) is 0 Å². The van der Waals surface area contributed by atoms with E-state index in [2.05, 4.69) is 13.0 Å². The van der Waals surface area contributed by atoms with E-state index in [0.29, 0.717) is 22.8 Å². The van der Waals surface area contributed by atoms with Gasteiger partial charge in [0.2, 0.25) is 0 Å². The lowest BCUT2D eigenvalue weighted by Crippen LogP contribution is -2.14. The standard InChI is InChI=1S/C26H28ClNO2/c1-17-10-15-24-23(16-17)22(8-5-9-25(29)19-6-3-4-7-19)18(2)28(24)26(30)20-11-13-21(27)14-12-20/h10-16,19H,3-9H2,1-2H3. The predicted molar refractivity (Wildman–Crippen MR) is 122 cm³/mol. The van der Waals surface area contributed by atoms with Gasteiger partial charge < -0.3 is 0 Å². The molecule has 0 bridgehead atoms. The van der Waals surface area contributed by atoms with Crippen molar-refractivity contribution in [3.63, 3.8) is 0 Å². The van der Waals surface area contributed by atoms with Crippen molar-refractivity contribution in [1.82, 2.24) is 4.57 Å². The van der Waals surface area contributed by atoms with Gasteiger partial charge in [-0.3, -0.25) is 14.2 Å². The van der Waals surface area contributed by atoms with Gasteiger partial charge >= 0.3 is 0 Å². The molecule has 0 unspecified atom stereocenters. The third-order valence-electron chi connectivity index (χ3n) is 6.44. The lowest BCUT2D eigenvalue weighted by molar-refractivity contribution is -0.122. The summed E-state index contributed by atoms with van der Waals surface area (Å²) < 4.78 is 1.81. The van der Waals surface area contributed by atoms with Gasteiger partial charge in [-0.05, 0) is 81.5 Å². The molecule has 0 N–H and O–H groups in total. The quantitative estimate of drug-likeness (QED) is 0.445. The van der Waals surface area contributed by atoms with Gasteiger partial charge in [-0.15, -0.1) is 0 Å². The van der Waals surface area contributed by atoms with Crippen LogP contribution in [0.15, 0.2) is 42.5 Å². The molecule has 156 valence electrons. The zero-order valence-corrected chi connectivity index (χ0v) is 18.5. The molecular weight excluding hydrogens is 394 g/mol. The molecule has 1 saturated carbocycles. The van der Waals surface area contributed by atoms with Crippen LogP contribution in [0.1, 0.15) is 65.7 Å². The Hall–Kier alpha value is -2.39. The molecule has 1 aliphatic rings. The highest BCUT2D eigenvalue weighted by atomic mass is 35.5. The number of aromatic nitrogens is 1. The summed E-state index contributed by atoms with van der Waals surface area (Å²) in [6.45, 7) is 4.08. The number of rotatable bonds is 6. The monoisotopic (exact) mass is 421 g/mol. The highest BCUT2D eigenvalue weighted by Gasteiger charge is 2.23. The maximum atomic E-state index is 13.3. The summed E-state index contributed by atoms with van der Waals surface area (Å²) in [5.41, 5.74) is 4.85. The summed E-state index contributed by atoms with van der Waals surface area (Å²) in [6, 6.07) is 13.3. The van der Waals surface area contributed by atoms with Gasteiger partial charge in [0.05, 0.1) is 5.52 Å². The molecule has 0 saturated heterocycles. The van der Waals surface area contributed by atoms with Crippen LogP contribution in [0.25, 0.3) is 10.9 Å². The highest BCUT2D eigenvalue weighted by Crippen LogP contribution is 2.31. The van der Waals surface area contributed by atoms with E-state index in [1.165, 1.54) is 24.0 Å². The Balaban J connectivity index is 1.63. The second-order valence-corrected chi connectivity index (χ2v) is 8.97. The molecule has 0 radical (unpaired) electrons. The number of fused-ring (bicyclic) bond motifs is 1. The highest BCUT2D eigenvalue weighted by molar-refractivity contribution is 6.30. The fourth-order valence-electron chi connectivity index (χ4n) is 4.79. The molecule has 1 aromatic heterocycles. The molecule has 0 spiro atoms. The number of carbonyl (C=O) groups excluding carboxylic acids is 2. The second-order valence-electron chi connectivity index (χ2n) is 8.53. The lowest BCUT2D eigenvalue weighted by atomic mass is 9.96. The van der Waals surface area contributed by atoms with E-state index in [4.69, 9.17) is 11.6 Å². The minimum absolute atomic E-state index is 0.0497. The number of halogens is 1. The van der Waals surface area contributed by atoms with Crippen molar-refractivity contribution in [3.05, 3.63) is 69.9 Å². The average Bonchev–Trinajstić information content (AvgIpc) is 3.35. The Morgan fingerprint density at radius 3 is 2.43 bits per heavy atom. The van der Waals surface area contributed by atoms with Crippen molar-refractivity contribution in [1.29, 1.82) is 0 Å². The van der Waals surface area contributed by atoms with E-state index in [0.717, 1.165) is 42.3 Å². The zero-order chi connectivity index (χ0) is 21.3. The van der Waals surface area contributed by atoms with Crippen LogP contribution < -0.4 is 0 Å². The van der Waals surface area contributed by atoms with Gasteiger partial charge in [0.25, 0.3) is 5.91 Å². The van der Waals surface area contributed by atoms with E-state index in [9.17, 15) is 9.59 Å². The van der Waals surface area contributed by atoms with E-state index in [1.807, 2.05) is 23.6 Å². The largest absolute Gasteiger partial charge is 0.299 e. The summed E-state index contributed by atoms with van der Waals surface area (Å²) >= 11 is 5.99. The van der Waals surface area contributed by atoms with Gasteiger partial charge in [-0.2, -0.15) is 0 Å². The number of aryl methyl sites for hydroxylation is 2. The number of ketones is 1. The Bertz CT molecular complexity index is 1090. The summed E-state index contributed by atoms with van der Waals surface area (Å²) in [5, 5.41) is 1.73. The zero-order valence-electron chi connectivity index (χ0n) is 17.7. The third-order valence-corrected chi connectivity index (χ3v) is 6.70. The fourth-order valence-corrected chi connectivity index (χ4v) is 4.91. The third kappa shape index (κ3) is 4.09. The van der Waals surface area contributed by atoms with Gasteiger partial charge in [-0.25, -0.2) is 0 Å². The number of nitrogens with zero attached hydrogens (tertiary/aromatic N) is 1. The van der Waals surface area contributed by atoms with Gasteiger partial charge in [-0.1, -0.05) is 36.1 Å². The molecule has 0 atom stereocenters. The van der Waals surface area contributed by atoms with Crippen molar-refractivity contribution in [2.75, 3.05) is 0 Å². The SMILES string of the molecule is Cc1ccc2c(c1)c(CCCC(=O)C1CCCC1)c(C)n2C(=O)c1ccc(Cl)cc1. The van der Waals surface area contributed by atoms with E-state index in [-0.39, 0.29) is 11.8 Å². The van der Waals surface area contributed by atoms with Crippen molar-refractivity contribution < 1.29 is 9.59 Å². The van der Waals surface area contributed by atoms with Gasteiger partial charge in [0, 0.05) is 34.0 Å². The lowest BCUT2D eigenvalue weighted by Gasteiger charge is -2.09. The number of carbonyl (C=O) groups is 2. The molecule has 1 fully saturated rings. The molecule has 1 heterocycles. The molecule has 4 heteroatoms. The Morgan fingerprint density at radius 1 is 1.03 bits per heavy atom. The van der Waals surface area contributed by atoms with Crippen LogP contribution in [-0.4, -0.2) is 16.3 Å². The second kappa shape index (κ2) is 8.77. The van der Waals surface area contributed by atoms with Crippen LogP contribution in [0.3, 0.4) is 0 Å². The molecular formula is C26H28ClNO2. The van der Waals surface area contributed by atoms with Crippen LogP contribution in [0.5, 0.6) is 0 Å². The van der Waals surface area contributed by atoms with E-state index >= 15 is 0 Å². The normalized spacial score (nSPS) is 14.5. The van der Waals surface area contributed by atoms with Crippen molar-refractivity contribution in [3.8, 4) is 0 Å². The summed E-state index contributed by atoms with van der Waals surface area (Å²) in [4.78, 5) is 25.8. The topological polar surface area (TPSA) is 39.1 Å². The molecule has 0 aliphatic heterocycles. The minimum Gasteiger partial charge on any atom is -0.299 e. The van der Waals surface area contributed by atoms with Crippen molar-refractivity contribution >= 4 is 34.2 Å². The molecule has 3 aromatic rings. The first-order valence-electron chi connectivity index (χ1n) is 10.9. The number of Topliss-reactive ketones (excluding diaryl/α,β-unsaturated/α-hetero) is 1. The van der Waals surface area contributed by atoms with Crippen LogP contribution in [0.4, 0.5) is 0 Å². The first-order chi connectivity index (χ1) is 14.5. The molecule has 1 aliphatic carbocycles. The Morgan fingerprint density at radius 2 is 1.73 bits per heavy atom. The van der Waals surface area contributed by atoms with Crippen LogP contribution >= 0.6 is 11.6 Å². The summed E-state index contributed by atoms with van der Waals surface area (Å²) in [5.74, 6) is 0.648. The van der Waals surface area contributed by atoms with Crippen molar-refractivity contribution in [2.45, 2.75) is 58.8 Å². The first-order valence-corrected chi connectivity index (χ1v) is 11.3. The van der Waals surface area contributed by atoms with Gasteiger partial charge in [0.1, 0.15) is 5.78 Å². The average molecular weight is 422 g/mol. The number of hydrogen-bond acceptors (Lipinski definition) is 2. The molecule has 0 amide bonds. The van der Waals surface area contributed by atoms with Crippen LogP contribution in [0, 0.1) is 19.8 Å². The van der Waals surface area contributed by atoms with E-state index in [1.54, 1.807) is 24.3 Å². The Labute approximate surface area is 183 Å². The molecule has 4 rings (SSSR count). The maximum absolute atomic E-state index is 13.3. The summed E-state index contributed by atoms with van der Waals surface area (Å²) in [7, 11) is 0. The fraction of sp³-hybridized carbons (Fsp3) is 0.385. The maximum Gasteiger partial charge on any atom is 0.262 e. The Kier molecular flexibility index (Phi) is 6.10. The molecule has 2 aromatic carbocycles. The van der Waals surface area contributed by atoms with E-state index < -0.39 is 0 Å².